The lowest BCUT2D eigenvalue weighted by atomic mass is 10.1. The fourth-order valence-corrected chi connectivity index (χ4v) is 3.72. The van der Waals surface area contributed by atoms with Crippen LogP contribution in [-0.2, 0) is 14.8 Å². The van der Waals surface area contributed by atoms with Crippen LogP contribution in [0.1, 0.15) is 20.3 Å². The number of ether oxygens (including phenoxy) is 1. The first-order valence-electron chi connectivity index (χ1n) is 7.63. The van der Waals surface area contributed by atoms with Gasteiger partial charge in [0.05, 0.1) is 17.7 Å². The van der Waals surface area contributed by atoms with Crippen molar-refractivity contribution in [1.82, 2.24) is 0 Å². The van der Waals surface area contributed by atoms with Crippen LogP contribution >= 0.6 is 0 Å². The highest BCUT2D eigenvalue weighted by Gasteiger charge is 2.31. The minimum Gasteiger partial charge on any atom is -0.497 e. The van der Waals surface area contributed by atoms with E-state index in [1.54, 1.807) is 42.5 Å². The third-order valence-electron chi connectivity index (χ3n) is 3.40. The van der Waals surface area contributed by atoms with E-state index in [1.165, 1.54) is 19.2 Å². The molecule has 2 aromatic rings. The Kier molecular flexibility index (Phi) is 5.62. The van der Waals surface area contributed by atoms with E-state index in [1.807, 2.05) is 13.8 Å². The van der Waals surface area contributed by atoms with Crippen molar-refractivity contribution in [2.45, 2.75) is 25.2 Å². The standard InChI is InChI=1S/C18H21NO4S/c1-14(2)13-18(20)19(15-9-11-16(23-3)12-10-15)24(21,22)17-7-5-4-6-8-17/h4-12,14H,13H2,1-3H3. The van der Waals surface area contributed by atoms with Gasteiger partial charge in [0.2, 0.25) is 5.91 Å². The van der Waals surface area contributed by atoms with E-state index in [0.29, 0.717) is 11.4 Å². The number of benzene rings is 2. The second kappa shape index (κ2) is 7.49. The zero-order chi connectivity index (χ0) is 17.7. The molecule has 5 nitrogen and oxygen atoms in total. The Labute approximate surface area is 142 Å². The van der Waals surface area contributed by atoms with Gasteiger partial charge in [0.25, 0.3) is 10.0 Å². The molecule has 0 bridgehead atoms. The molecule has 0 radical (unpaired) electrons. The van der Waals surface area contributed by atoms with Crippen molar-refractivity contribution in [2.75, 3.05) is 11.4 Å². The monoisotopic (exact) mass is 347 g/mol. The van der Waals surface area contributed by atoms with Crippen LogP contribution in [0.15, 0.2) is 59.5 Å². The van der Waals surface area contributed by atoms with Gasteiger partial charge < -0.3 is 4.74 Å². The molecule has 128 valence electrons. The molecule has 0 fully saturated rings. The van der Waals surface area contributed by atoms with Gasteiger partial charge in [0.15, 0.2) is 0 Å². The third kappa shape index (κ3) is 3.94. The number of amides is 1. The predicted molar refractivity (Wildman–Crippen MR) is 93.6 cm³/mol. The van der Waals surface area contributed by atoms with E-state index >= 15 is 0 Å². The summed E-state index contributed by atoms with van der Waals surface area (Å²) in [5.74, 6) is 0.176. The highest BCUT2D eigenvalue weighted by Crippen LogP contribution is 2.27. The molecule has 24 heavy (non-hydrogen) atoms. The Morgan fingerprint density at radius 1 is 1.04 bits per heavy atom. The molecule has 0 heterocycles. The molecule has 2 aromatic carbocycles. The maximum Gasteiger partial charge on any atom is 0.270 e. The Morgan fingerprint density at radius 2 is 1.62 bits per heavy atom. The molecule has 0 aliphatic heterocycles. The molecule has 0 atom stereocenters. The highest BCUT2D eigenvalue weighted by molar-refractivity contribution is 7.93. The van der Waals surface area contributed by atoms with Gasteiger partial charge in [-0.3, -0.25) is 4.79 Å². The first kappa shape index (κ1) is 18.0. The summed E-state index contributed by atoms with van der Waals surface area (Å²) in [5.41, 5.74) is 0.297. The average Bonchev–Trinajstić information content (AvgIpc) is 2.55. The van der Waals surface area contributed by atoms with Crippen molar-refractivity contribution in [3.05, 3.63) is 54.6 Å². The molecule has 0 aliphatic carbocycles. The van der Waals surface area contributed by atoms with E-state index in [0.717, 1.165) is 4.31 Å². The fourth-order valence-electron chi connectivity index (χ4n) is 2.26. The molecule has 0 saturated heterocycles. The maximum atomic E-state index is 13.0. The van der Waals surface area contributed by atoms with Gasteiger partial charge in [-0.15, -0.1) is 0 Å². The summed E-state index contributed by atoms with van der Waals surface area (Å²) >= 11 is 0. The smallest absolute Gasteiger partial charge is 0.270 e. The minimum absolute atomic E-state index is 0.0456. The second-order valence-corrected chi connectivity index (χ2v) is 7.56. The maximum absolute atomic E-state index is 13.0. The molecule has 0 N–H and O–H groups in total. The number of hydrogen-bond donors (Lipinski definition) is 0. The van der Waals surface area contributed by atoms with Crippen LogP contribution in [0, 0.1) is 5.92 Å². The Bertz CT molecular complexity index is 784. The van der Waals surface area contributed by atoms with Gasteiger partial charge in [-0.2, -0.15) is 0 Å². The van der Waals surface area contributed by atoms with Crippen LogP contribution in [-0.4, -0.2) is 21.4 Å². The van der Waals surface area contributed by atoms with Gasteiger partial charge in [-0.05, 0) is 42.3 Å². The molecule has 0 saturated carbocycles. The summed E-state index contributed by atoms with van der Waals surface area (Å²) in [7, 11) is -2.45. The van der Waals surface area contributed by atoms with Gasteiger partial charge >= 0.3 is 0 Å². The van der Waals surface area contributed by atoms with E-state index < -0.39 is 15.9 Å². The molecule has 0 aromatic heterocycles. The van der Waals surface area contributed by atoms with Crippen LogP contribution in [0.4, 0.5) is 5.69 Å². The number of hydrogen-bond acceptors (Lipinski definition) is 4. The molecule has 0 spiro atoms. The van der Waals surface area contributed by atoms with E-state index in [2.05, 4.69) is 0 Å². The molecular weight excluding hydrogens is 326 g/mol. The van der Waals surface area contributed by atoms with E-state index in [9.17, 15) is 13.2 Å². The predicted octanol–water partition coefficient (Wildman–Crippen LogP) is 3.46. The zero-order valence-corrected chi connectivity index (χ0v) is 14.8. The second-order valence-electron chi connectivity index (χ2n) is 5.77. The lowest BCUT2D eigenvalue weighted by Gasteiger charge is -2.23. The normalized spacial score (nSPS) is 11.3. The molecular formula is C18H21NO4S. The third-order valence-corrected chi connectivity index (χ3v) is 5.16. The largest absolute Gasteiger partial charge is 0.497 e. The van der Waals surface area contributed by atoms with Crippen LogP contribution < -0.4 is 9.04 Å². The topological polar surface area (TPSA) is 63.7 Å². The van der Waals surface area contributed by atoms with Crippen LogP contribution in [0.3, 0.4) is 0 Å². The number of rotatable bonds is 6. The average molecular weight is 347 g/mol. The molecule has 6 heteroatoms. The van der Waals surface area contributed by atoms with Crippen molar-refractivity contribution in [3.63, 3.8) is 0 Å². The Morgan fingerprint density at radius 3 is 2.12 bits per heavy atom. The van der Waals surface area contributed by atoms with Gasteiger partial charge in [0.1, 0.15) is 5.75 Å². The number of nitrogens with zero attached hydrogens (tertiary/aromatic N) is 1. The minimum atomic E-state index is -3.98. The van der Waals surface area contributed by atoms with Crippen molar-refractivity contribution in [2.24, 2.45) is 5.92 Å². The van der Waals surface area contributed by atoms with Gasteiger partial charge in [-0.25, -0.2) is 12.7 Å². The Hall–Kier alpha value is -2.34. The molecule has 0 aliphatic rings. The Balaban J connectivity index is 2.52. The number of anilines is 1. The van der Waals surface area contributed by atoms with Gasteiger partial charge in [0, 0.05) is 6.42 Å². The number of carbonyl (C=O) groups excluding carboxylic acids is 1. The first-order valence-corrected chi connectivity index (χ1v) is 9.07. The first-order chi connectivity index (χ1) is 11.4. The summed E-state index contributed by atoms with van der Waals surface area (Å²) in [6, 6.07) is 14.3. The summed E-state index contributed by atoms with van der Waals surface area (Å²) < 4.78 is 31.9. The summed E-state index contributed by atoms with van der Waals surface area (Å²) in [6.07, 6.45) is 0.137. The van der Waals surface area contributed by atoms with Crippen molar-refractivity contribution in [1.29, 1.82) is 0 Å². The summed E-state index contributed by atoms with van der Waals surface area (Å²) in [5, 5.41) is 0. The van der Waals surface area contributed by atoms with Crippen molar-refractivity contribution in [3.8, 4) is 5.75 Å². The van der Waals surface area contributed by atoms with Gasteiger partial charge in [-0.1, -0.05) is 32.0 Å². The highest BCUT2D eigenvalue weighted by atomic mass is 32.2. The van der Waals surface area contributed by atoms with Crippen LogP contribution in [0.25, 0.3) is 0 Å². The lowest BCUT2D eigenvalue weighted by Crippen LogP contribution is -2.37. The van der Waals surface area contributed by atoms with Crippen LogP contribution in [0.5, 0.6) is 5.75 Å². The SMILES string of the molecule is COc1ccc(N(C(=O)CC(C)C)S(=O)(=O)c2ccccc2)cc1. The quantitative estimate of drug-likeness (QED) is 0.803. The number of methoxy groups -OCH3 is 1. The molecule has 0 unspecified atom stereocenters. The summed E-state index contributed by atoms with van der Waals surface area (Å²) in [6.45, 7) is 3.75. The van der Waals surface area contributed by atoms with E-state index in [-0.39, 0.29) is 17.2 Å². The molecule has 1 amide bonds. The van der Waals surface area contributed by atoms with E-state index in [4.69, 9.17) is 4.74 Å². The van der Waals surface area contributed by atoms with Crippen LogP contribution in [0.2, 0.25) is 0 Å². The number of carbonyl (C=O) groups is 1. The zero-order valence-electron chi connectivity index (χ0n) is 14.0. The lowest BCUT2D eigenvalue weighted by molar-refractivity contribution is -0.118. The summed E-state index contributed by atoms with van der Waals surface area (Å²) in [4.78, 5) is 12.7. The van der Waals surface area contributed by atoms with Crippen molar-refractivity contribution < 1.29 is 17.9 Å². The fraction of sp³-hybridized carbons (Fsp3) is 0.278. The number of sulfonamides is 1. The van der Waals surface area contributed by atoms with Crippen molar-refractivity contribution >= 4 is 21.6 Å². The molecule has 2 rings (SSSR count).